The van der Waals surface area contributed by atoms with Crippen LogP contribution in [0.5, 0.6) is 0 Å². The molecule has 1 fully saturated rings. The minimum Gasteiger partial charge on any atom is -0.350 e. The summed E-state index contributed by atoms with van der Waals surface area (Å²) < 4.78 is 5.58. The highest BCUT2D eigenvalue weighted by Crippen LogP contribution is 2.20. The van der Waals surface area contributed by atoms with E-state index in [1.165, 1.54) is 16.9 Å². The number of hydrogen-bond donors (Lipinski definition) is 1. The van der Waals surface area contributed by atoms with Crippen LogP contribution in [0.25, 0.3) is 6.08 Å². The number of nitrogens with zero attached hydrogens (tertiary/aromatic N) is 2. The van der Waals surface area contributed by atoms with Crippen molar-refractivity contribution in [3.63, 3.8) is 0 Å². The van der Waals surface area contributed by atoms with E-state index in [9.17, 15) is 19.2 Å². The summed E-state index contributed by atoms with van der Waals surface area (Å²) in [4.78, 5) is 58.2. The fourth-order valence-electron chi connectivity index (χ4n) is 4.28. The molecule has 9 heteroatoms. The van der Waals surface area contributed by atoms with Gasteiger partial charge in [-0.05, 0) is 50.0 Å². The SMILES string of the molecule is CC(=O)CCC(=O)N(CC(C)C)N(C(=O)CCC(C)C)[C@@H](CC=Cc1ccccc1)C(=O)NO[C@@H]1CCCCO1. The molecule has 0 aliphatic carbocycles. The van der Waals surface area contributed by atoms with Gasteiger partial charge >= 0.3 is 0 Å². The minimum atomic E-state index is -1.05. The summed E-state index contributed by atoms with van der Waals surface area (Å²) in [5, 5.41) is 2.68. The molecule has 1 saturated heterocycles. The minimum absolute atomic E-state index is 0.0112. The van der Waals surface area contributed by atoms with Crippen LogP contribution in [0.4, 0.5) is 0 Å². The van der Waals surface area contributed by atoms with Gasteiger partial charge in [0.25, 0.3) is 5.91 Å². The molecule has 1 aromatic rings. The average Bonchev–Trinajstić information content (AvgIpc) is 2.93. The van der Waals surface area contributed by atoms with E-state index >= 15 is 0 Å². The van der Waals surface area contributed by atoms with Gasteiger partial charge in [-0.2, -0.15) is 0 Å². The smallest absolute Gasteiger partial charge is 0.268 e. The van der Waals surface area contributed by atoms with E-state index in [-0.39, 0.29) is 61.7 Å². The molecule has 222 valence electrons. The van der Waals surface area contributed by atoms with Crippen molar-refractivity contribution in [2.45, 2.75) is 98.3 Å². The Labute approximate surface area is 239 Å². The molecule has 1 heterocycles. The van der Waals surface area contributed by atoms with E-state index in [1.54, 1.807) is 0 Å². The first-order valence-corrected chi connectivity index (χ1v) is 14.5. The highest BCUT2D eigenvalue weighted by Gasteiger charge is 2.37. The normalized spacial score (nSPS) is 16.2. The highest BCUT2D eigenvalue weighted by atomic mass is 16.8. The second-order valence-electron chi connectivity index (χ2n) is 11.2. The van der Waals surface area contributed by atoms with Crippen LogP contribution in [-0.2, 0) is 28.8 Å². The Bertz CT molecular complexity index is 973. The van der Waals surface area contributed by atoms with E-state index in [0.29, 0.717) is 19.4 Å². The van der Waals surface area contributed by atoms with Gasteiger partial charge in [-0.25, -0.2) is 15.3 Å². The molecule has 2 atom stereocenters. The number of ether oxygens (including phenoxy) is 1. The quantitative estimate of drug-likeness (QED) is 0.302. The molecule has 2 rings (SSSR count). The summed E-state index contributed by atoms with van der Waals surface area (Å²) in [5.74, 6) is -1.09. The Hall–Kier alpha value is -3.04. The van der Waals surface area contributed by atoms with Crippen molar-refractivity contribution in [3.05, 3.63) is 42.0 Å². The van der Waals surface area contributed by atoms with Gasteiger partial charge in [0, 0.05) is 38.8 Å². The van der Waals surface area contributed by atoms with Crippen molar-refractivity contribution >= 4 is 29.6 Å². The van der Waals surface area contributed by atoms with Crippen LogP contribution in [0.15, 0.2) is 36.4 Å². The lowest BCUT2D eigenvalue weighted by Gasteiger charge is -2.40. The maximum absolute atomic E-state index is 13.8. The van der Waals surface area contributed by atoms with Crippen LogP contribution in [0, 0.1) is 11.8 Å². The number of benzene rings is 1. The largest absolute Gasteiger partial charge is 0.350 e. The molecule has 0 spiro atoms. The van der Waals surface area contributed by atoms with Crippen LogP contribution in [0.3, 0.4) is 0 Å². The third-order valence-electron chi connectivity index (χ3n) is 6.46. The van der Waals surface area contributed by atoms with Crippen molar-refractivity contribution in [2.24, 2.45) is 11.8 Å². The number of carbonyl (C=O) groups excluding carboxylic acids is 4. The van der Waals surface area contributed by atoms with Gasteiger partial charge in [-0.15, -0.1) is 0 Å². The van der Waals surface area contributed by atoms with Gasteiger partial charge in [0.1, 0.15) is 11.8 Å². The second kappa shape index (κ2) is 17.6. The van der Waals surface area contributed by atoms with E-state index < -0.39 is 18.2 Å². The van der Waals surface area contributed by atoms with Crippen molar-refractivity contribution in [2.75, 3.05) is 13.2 Å². The van der Waals surface area contributed by atoms with Gasteiger partial charge < -0.3 is 9.53 Å². The van der Waals surface area contributed by atoms with Crippen LogP contribution in [0.2, 0.25) is 0 Å². The summed E-state index contributed by atoms with van der Waals surface area (Å²) in [6, 6.07) is 8.59. The van der Waals surface area contributed by atoms with Gasteiger partial charge in [0.05, 0.1) is 0 Å². The molecule has 0 unspecified atom stereocenters. The number of nitrogens with one attached hydrogen (secondary N) is 1. The summed E-state index contributed by atoms with van der Waals surface area (Å²) in [6.07, 6.45) is 6.60. The number of Topliss-reactive ketones (excluding diaryl/α,β-unsaturated/α-hetero) is 1. The first-order chi connectivity index (χ1) is 19.1. The summed E-state index contributed by atoms with van der Waals surface area (Å²) in [7, 11) is 0. The number of amides is 3. The Kier molecular flexibility index (Phi) is 14.6. The summed E-state index contributed by atoms with van der Waals surface area (Å²) in [5.41, 5.74) is 3.46. The molecule has 9 nitrogen and oxygen atoms in total. The van der Waals surface area contributed by atoms with Crippen LogP contribution in [-0.4, -0.2) is 59.0 Å². The number of hydroxylamine groups is 1. The second-order valence-corrected chi connectivity index (χ2v) is 11.2. The Balaban J connectivity index is 2.43. The highest BCUT2D eigenvalue weighted by molar-refractivity contribution is 5.90. The first-order valence-electron chi connectivity index (χ1n) is 14.5. The molecular formula is C31H47N3O6. The van der Waals surface area contributed by atoms with Gasteiger partial charge in [-0.1, -0.05) is 70.2 Å². The topological polar surface area (TPSA) is 105 Å². The first kappa shape index (κ1) is 33.2. The third kappa shape index (κ3) is 12.0. The molecule has 0 saturated carbocycles. The van der Waals surface area contributed by atoms with E-state index in [4.69, 9.17) is 9.57 Å². The van der Waals surface area contributed by atoms with Crippen molar-refractivity contribution in [1.82, 2.24) is 15.5 Å². The van der Waals surface area contributed by atoms with Gasteiger partial charge in [0.2, 0.25) is 11.8 Å². The molecular weight excluding hydrogens is 510 g/mol. The van der Waals surface area contributed by atoms with Gasteiger partial charge in [0.15, 0.2) is 6.29 Å². The number of ketones is 1. The van der Waals surface area contributed by atoms with Crippen LogP contribution < -0.4 is 5.48 Å². The standard InChI is InChI=1S/C31H47N3O6/c1-23(2)17-19-29(37)34(33(22-24(3)4)28(36)20-18-25(5)35)27(15-11-14-26-12-7-6-8-13-26)31(38)32-40-30-16-9-10-21-39-30/h6-8,11-14,23-24,27,30H,9-10,15-22H2,1-5H3,(H,32,38)/t27-,30+/m0/s1. The monoisotopic (exact) mass is 557 g/mol. The Morgan fingerprint density at radius 3 is 2.33 bits per heavy atom. The zero-order valence-electron chi connectivity index (χ0n) is 24.8. The fourth-order valence-corrected chi connectivity index (χ4v) is 4.28. The van der Waals surface area contributed by atoms with Gasteiger partial charge in [-0.3, -0.25) is 19.4 Å². The summed E-state index contributed by atoms with van der Waals surface area (Å²) >= 11 is 0. The Morgan fingerprint density at radius 2 is 1.73 bits per heavy atom. The number of carbonyl (C=O) groups is 4. The van der Waals surface area contributed by atoms with E-state index in [2.05, 4.69) is 5.48 Å². The molecule has 1 aliphatic rings. The predicted molar refractivity (Wildman–Crippen MR) is 154 cm³/mol. The molecule has 0 radical (unpaired) electrons. The predicted octanol–water partition coefficient (Wildman–Crippen LogP) is 5.07. The maximum atomic E-state index is 13.8. The van der Waals surface area contributed by atoms with Crippen LogP contribution in [0.1, 0.15) is 91.5 Å². The lowest BCUT2D eigenvalue weighted by Crippen LogP contribution is -2.60. The number of hydrazine groups is 1. The molecule has 1 aromatic carbocycles. The van der Waals surface area contributed by atoms with Crippen molar-refractivity contribution in [3.8, 4) is 0 Å². The van der Waals surface area contributed by atoms with E-state index in [1.807, 2.05) is 70.2 Å². The molecule has 40 heavy (non-hydrogen) atoms. The lowest BCUT2D eigenvalue weighted by molar-refractivity contribution is -0.206. The van der Waals surface area contributed by atoms with Crippen molar-refractivity contribution in [1.29, 1.82) is 0 Å². The van der Waals surface area contributed by atoms with E-state index in [0.717, 1.165) is 18.4 Å². The van der Waals surface area contributed by atoms with Crippen LogP contribution >= 0.6 is 0 Å². The summed E-state index contributed by atoms with van der Waals surface area (Å²) in [6.45, 7) is 10.1. The molecule has 1 N–H and O–H groups in total. The van der Waals surface area contributed by atoms with Crippen molar-refractivity contribution < 1.29 is 28.8 Å². The molecule has 1 aliphatic heterocycles. The number of hydrogen-bond acceptors (Lipinski definition) is 6. The zero-order valence-corrected chi connectivity index (χ0v) is 24.8. The molecule has 3 amide bonds. The lowest BCUT2D eigenvalue weighted by atomic mass is 10.1. The number of rotatable bonds is 15. The Morgan fingerprint density at radius 1 is 1.00 bits per heavy atom. The fraction of sp³-hybridized carbons (Fsp3) is 0.613. The third-order valence-corrected chi connectivity index (χ3v) is 6.46. The zero-order chi connectivity index (χ0) is 29.5. The molecule has 0 aromatic heterocycles. The molecule has 0 bridgehead atoms. The maximum Gasteiger partial charge on any atom is 0.268 e. The average molecular weight is 558 g/mol.